The second kappa shape index (κ2) is 7.19. The second-order valence-electron chi connectivity index (χ2n) is 7.82. The summed E-state index contributed by atoms with van der Waals surface area (Å²) >= 11 is 0. The number of para-hydroxylation sites is 1. The molecule has 3 heterocycles. The molecule has 0 spiro atoms. The van der Waals surface area contributed by atoms with Crippen molar-refractivity contribution < 1.29 is 8.78 Å². The molecule has 154 valence electrons. The van der Waals surface area contributed by atoms with Crippen LogP contribution in [0.2, 0.25) is 0 Å². The van der Waals surface area contributed by atoms with Crippen molar-refractivity contribution in [1.29, 1.82) is 0 Å². The third-order valence-corrected chi connectivity index (χ3v) is 5.78. The van der Waals surface area contributed by atoms with E-state index in [-0.39, 0.29) is 24.4 Å². The van der Waals surface area contributed by atoms with Crippen LogP contribution in [-0.2, 0) is 6.42 Å². The highest BCUT2D eigenvalue weighted by Gasteiger charge is 2.36. The molecule has 0 radical (unpaired) electrons. The molecule has 1 aromatic carbocycles. The Labute approximate surface area is 171 Å². The number of fused-ring (bicyclic) bond motifs is 1. The van der Waals surface area contributed by atoms with E-state index in [0.29, 0.717) is 36.1 Å². The lowest BCUT2D eigenvalue weighted by Gasteiger charge is -2.28. The Morgan fingerprint density at radius 3 is 2.60 bits per heavy atom. The molecule has 0 aliphatic heterocycles. The maximum Gasteiger partial charge on any atom is 0.262 e. The number of halogens is 2. The molecule has 0 saturated heterocycles. The standard InChI is InChI=1S/C22H21F2N5O/c23-22(24)9-7-16(8-10-22)29-20-17(14-25-29)21(30)27-19(26-20)13-15-5-1-2-6-18(15)28-11-3-4-12-28/h1-6,11-12,14,16H,7-10,13H2,(H,26,27,30). The molecule has 4 aromatic rings. The molecule has 0 unspecified atom stereocenters. The van der Waals surface area contributed by atoms with Crippen LogP contribution in [0.4, 0.5) is 8.78 Å². The van der Waals surface area contributed by atoms with Gasteiger partial charge >= 0.3 is 0 Å². The van der Waals surface area contributed by atoms with Gasteiger partial charge in [0.15, 0.2) is 5.65 Å². The number of alkyl halides is 2. The van der Waals surface area contributed by atoms with Crippen LogP contribution in [0, 0.1) is 0 Å². The summed E-state index contributed by atoms with van der Waals surface area (Å²) in [6.45, 7) is 0. The van der Waals surface area contributed by atoms with Crippen molar-refractivity contribution in [1.82, 2.24) is 24.3 Å². The fraction of sp³-hybridized carbons (Fsp3) is 0.318. The summed E-state index contributed by atoms with van der Waals surface area (Å²) in [5, 5.41) is 4.70. The van der Waals surface area contributed by atoms with E-state index in [2.05, 4.69) is 15.1 Å². The third kappa shape index (κ3) is 3.42. The van der Waals surface area contributed by atoms with Gasteiger partial charge in [0.05, 0.1) is 12.2 Å². The minimum Gasteiger partial charge on any atom is -0.324 e. The third-order valence-electron chi connectivity index (χ3n) is 5.78. The lowest BCUT2D eigenvalue weighted by molar-refractivity contribution is -0.0446. The Hall–Kier alpha value is -3.29. The van der Waals surface area contributed by atoms with E-state index in [1.54, 1.807) is 4.68 Å². The van der Waals surface area contributed by atoms with Gasteiger partial charge in [0.25, 0.3) is 5.56 Å². The van der Waals surface area contributed by atoms with Crippen LogP contribution in [0.5, 0.6) is 0 Å². The van der Waals surface area contributed by atoms with Crippen LogP contribution in [0.25, 0.3) is 16.7 Å². The SMILES string of the molecule is O=c1[nH]c(Cc2ccccc2-n2cccc2)nc2c1cnn2C1CCC(F)(F)CC1. The van der Waals surface area contributed by atoms with E-state index in [1.807, 2.05) is 53.4 Å². The van der Waals surface area contributed by atoms with Gasteiger partial charge in [0.2, 0.25) is 5.92 Å². The summed E-state index contributed by atoms with van der Waals surface area (Å²) in [6.07, 6.45) is 6.16. The van der Waals surface area contributed by atoms with Gasteiger partial charge in [0.1, 0.15) is 11.2 Å². The number of benzene rings is 1. The molecule has 8 heteroatoms. The van der Waals surface area contributed by atoms with Crippen molar-refractivity contribution in [2.45, 2.75) is 44.1 Å². The summed E-state index contributed by atoms with van der Waals surface area (Å²) in [5.41, 5.74) is 2.22. The molecule has 1 aliphatic rings. The number of hydrogen-bond donors (Lipinski definition) is 1. The van der Waals surface area contributed by atoms with Gasteiger partial charge in [-0.25, -0.2) is 18.4 Å². The van der Waals surface area contributed by atoms with Gasteiger partial charge in [-0.05, 0) is 36.6 Å². The predicted molar refractivity (Wildman–Crippen MR) is 109 cm³/mol. The van der Waals surface area contributed by atoms with Crippen LogP contribution < -0.4 is 5.56 Å². The van der Waals surface area contributed by atoms with E-state index in [1.165, 1.54) is 6.20 Å². The summed E-state index contributed by atoms with van der Waals surface area (Å²) in [4.78, 5) is 20.2. The largest absolute Gasteiger partial charge is 0.324 e. The van der Waals surface area contributed by atoms with Crippen LogP contribution >= 0.6 is 0 Å². The first-order chi connectivity index (χ1) is 14.5. The average Bonchev–Trinajstić information content (AvgIpc) is 3.39. The molecule has 1 N–H and O–H groups in total. The van der Waals surface area contributed by atoms with Crippen LogP contribution in [0.1, 0.15) is 43.1 Å². The highest BCUT2D eigenvalue weighted by atomic mass is 19.3. The molecule has 1 aliphatic carbocycles. The minimum atomic E-state index is -2.61. The maximum atomic E-state index is 13.6. The van der Waals surface area contributed by atoms with Gasteiger partial charge in [-0.15, -0.1) is 0 Å². The Kier molecular flexibility index (Phi) is 4.49. The van der Waals surface area contributed by atoms with Crippen molar-refractivity contribution in [2.75, 3.05) is 0 Å². The van der Waals surface area contributed by atoms with Crippen molar-refractivity contribution >= 4 is 11.0 Å². The predicted octanol–water partition coefficient (Wildman–Crippen LogP) is 4.25. The maximum absolute atomic E-state index is 13.6. The average molecular weight is 409 g/mol. The number of hydrogen-bond acceptors (Lipinski definition) is 3. The topological polar surface area (TPSA) is 68.5 Å². The Morgan fingerprint density at radius 1 is 1.10 bits per heavy atom. The first-order valence-corrected chi connectivity index (χ1v) is 10.1. The first-order valence-electron chi connectivity index (χ1n) is 10.1. The number of H-pyrrole nitrogens is 1. The summed E-state index contributed by atoms with van der Waals surface area (Å²) in [7, 11) is 0. The molecular weight excluding hydrogens is 388 g/mol. The summed E-state index contributed by atoms with van der Waals surface area (Å²) < 4.78 is 30.8. The Morgan fingerprint density at radius 2 is 1.83 bits per heavy atom. The normalized spacial score (nSPS) is 16.9. The second-order valence-corrected chi connectivity index (χ2v) is 7.82. The summed E-state index contributed by atoms with van der Waals surface area (Å²) in [6, 6.07) is 11.7. The lowest BCUT2D eigenvalue weighted by atomic mass is 9.92. The number of aromatic amines is 1. The monoisotopic (exact) mass is 409 g/mol. The molecule has 0 atom stereocenters. The van der Waals surface area contributed by atoms with Crippen LogP contribution in [0.15, 0.2) is 59.8 Å². The molecule has 3 aromatic heterocycles. The van der Waals surface area contributed by atoms with Gasteiger partial charge in [-0.1, -0.05) is 18.2 Å². The van der Waals surface area contributed by atoms with Gasteiger partial charge < -0.3 is 9.55 Å². The van der Waals surface area contributed by atoms with Gasteiger partial charge in [-0.2, -0.15) is 5.10 Å². The van der Waals surface area contributed by atoms with Crippen molar-refractivity contribution in [2.24, 2.45) is 0 Å². The molecule has 5 rings (SSSR count). The number of aromatic nitrogens is 5. The first kappa shape index (κ1) is 18.7. The van der Waals surface area contributed by atoms with Crippen LogP contribution in [0.3, 0.4) is 0 Å². The lowest BCUT2D eigenvalue weighted by Crippen LogP contribution is -2.27. The van der Waals surface area contributed by atoms with Crippen molar-refractivity contribution in [3.8, 4) is 5.69 Å². The quantitative estimate of drug-likeness (QED) is 0.548. The minimum absolute atomic E-state index is 0.167. The van der Waals surface area contributed by atoms with E-state index >= 15 is 0 Å². The van der Waals surface area contributed by atoms with E-state index < -0.39 is 5.92 Å². The highest BCUT2D eigenvalue weighted by Crippen LogP contribution is 2.38. The molecule has 1 saturated carbocycles. The van der Waals surface area contributed by atoms with Gasteiger partial charge in [-0.3, -0.25) is 4.79 Å². The molecule has 6 nitrogen and oxygen atoms in total. The van der Waals surface area contributed by atoms with Crippen molar-refractivity contribution in [3.05, 3.63) is 76.7 Å². The smallest absolute Gasteiger partial charge is 0.262 e. The fourth-order valence-corrected chi connectivity index (χ4v) is 4.19. The van der Waals surface area contributed by atoms with E-state index in [0.717, 1.165) is 11.3 Å². The zero-order valence-electron chi connectivity index (χ0n) is 16.3. The fourth-order valence-electron chi connectivity index (χ4n) is 4.19. The number of rotatable bonds is 4. The molecule has 30 heavy (non-hydrogen) atoms. The van der Waals surface area contributed by atoms with Gasteiger partial charge in [0, 0.05) is 37.3 Å². The molecule has 0 amide bonds. The molecule has 0 bridgehead atoms. The van der Waals surface area contributed by atoms with E-state index in [9.17, 15) is 13.6 Å². The molecular formula is C22H21F2N5O. The van der Waals surface area contributed by atoms with E-state index in [4.69, 9.17) is 0 Å². The van der Waals surface area contributed by atoms with Crippen LogP contribution in [-0.4, -0.2) is 30.2 Å². The Bertz CT molecular complexity index is 1230. The molecule has 1 fully saturated rings. The zero-order valence-corrected chi connectivity index (χ0v) is 16.3. The number of nitrogens with zero attached hydrogens (tertiary/aromatic N) is 4. The Balaban J connectivity index is 1.51. The van der Waals surface area contributed by atoms with Crippen molar-refractivity contribution in [3.63, 3.8) is 0 Å². The zero-order chi connectivity index (χ0) is 20.7. The summed E-state index contributed by atoms with van der Waals surface area (Å²) in [5.74, 6) is -2.09. The number of nitrogens with one attached hydrogen (secondary N) is 1. The highest BCUT2D eigenvalue weighted by molar-refractivity contribution is 5.73.